The molecule has 0 spiro atoms. The van der Waals surface area contributed by atoms with Gasteiger partial charge in [0, 0.05) is 18.8 Å². The maximum absolute atomic E-state index is 13.4. The van der Waals surface area contributed by atoms with Crippen LogP contribution in [0.3, 0.4) is 0 Å². The summed E-state index contributed by atoms with van der Waals surface area (Å²) in [5.74, 6) is -1.39. The third-order valence-electron chi connectivity index (χ3n) is 5.33. The zero-order valence-electron chi connectivity index (χ0n) is 19.1. The molecule has 1 aliphatic rings. The minimum atomic E-state index is -0.893. The van der Waals surface area contributed by atoms with Crippen molar-refractivity contribution in [1.29, 1.82) is 5.26 Å². The molecule has 13 heteroatoms. The van der Waals surface area contributed by atoms with Gasteiger partial charge in [-0.25, -0.2) is 14.7 Å². The van der Waals surface area contributed by atoms with Gasteiger partial charge in [0.05, 0.1) is 27.9 Å². The molecule has 1 atom stereocenters. The van der Waals surface area contributed by atoms with Crippen molar-refractivity contribution >= 4 is 50.9 Å². The zero-order valence-corrected chi connectivity index (χ0v) is 21.4. The van der Waals surface area contributed by atoms with E-state index in [0.29, 0.717) is 16.7 Å². The summed E-state index contributed by atoms with van der Waals surface area (Å²) in [6.07, 6.45) is 1.51. The summed E-state index contributed by atoms with van der Waals surface area (Å²) in [6, 6.07) is 8.73. The summed E-state index contributed by atoms with van der Waals surface area (Å²) in [5, 5.41) is 20.5. The molecule has 2 aromatic heterocycles. The van der Waals surface area contributed by atoms with Crippen LogP contribution in [-0.4, -0.2) is 56.7 Å². The minimum absolute atomic E-state index is 0.0173. The van der Waals surface area contributed by atoms with E-state index < -0.39 is 17.9 Å². The molecule has 4 rings (SSSR count). The normalized spacial score (nSPS) is 15.0. The van der Waals surface area contributed by atoms with Gasteiger partial charge < -0.3 is 10.6 Å². The fourth-order valence-corrected chi connectivity index (χ4v) is 4.22. The van der Waals surface area contributed by atoms with Crippen molar-refractivity contribution in [1.82, 2.24) is 25.1 Å². The molecule has 11 nitrogen and oxygen atoms in total. The Morgan fingerprint density at radius 2 is 2.11 bits per heavy atom. The van der Waals surface area contributed by atoms with Gasteiger partial charge in [-0.05, 0) is 59.6 Å². The predicted octanol–water partition coefficient (Wildman–Crippen LogP) is 3.01. The Hall–Kier alpha value is -3.79. The van der Waals surface area contributed by atoms with Gasteiger partial charge in [-0.1, -0.05) is 11.6 Å². The average Bonchev–Trinajstić information content (AvgIpc) is 3.42. The molecule has 36 heavy (non-hydrogen) atoms. The first-order chi connectivity index (χ1) is 17.2. The van der Waals surface area contributed by atoms with E-state index in [1.165, 1.54) is 29.1 Å². The summed E-state index contributed by atoms with van der Waals surface area (Å²) in [5.41, 5.74) is 0.969. The van der Waals surface area contributed by atoms with Crippen molar-refractivity contribution < 1.29 is 19.2 Å². The van der Waals surface area contributed by atoms with Crippen LogP contribution < -0.4 is 10.6 Å². The molecule has 1 fully saturated rings. The molecule has 1 saturated heterocycles. The molecule has 3 heterocycles. The Morgan fingerprint density at radius 3 is 2.78 bits per heavy atom. The van der Waals surface area contributed by atoms with Gasteiger partial charge in [-0.3, -0.25) is 19.2 Å². The van der Waals surface area contributed by atoms with Crippen LogP contribution in [0.2, 0.25) is 5.02 Å². The molecule has 0 radical (unpaired) electrons. The summed E-state index contributed by atoms with van der Waals surface area (Å²) in [6.45, 7) is 3.71. The largest absolute Gasteiger partial charge is 0.338 e. The maximum Gasteiger partial charge on any atom is 0.274 e. The fraction of sp³-hybridized carbons (Fsp3) is 0.217. The van der Waals surface area contributed by atoms with Crippen LogP contribution in [0.15, 0.2) is 41.1 Å². The Kier molecular flexibility index (Phi) is 7.35. The van der Waals surface area contributed by atoms with Gasteiger partial charge >= 0.3 is 0 Å². The molecule has 0 aliphatic carbocycles. The first-order valence-corrected chi connectivity index (χ1v) is 11.9. The van der Waals surface area contributed by atoms with Crippen molar-refractivity contribution in [3.63, 3.8) is 0 Å². The zero-order chi connectivity index (χ0) is 26.0. The van der Waals surface area contributed by atoms with E-state index in [0.717, 1.165) is 5.06 Å². The van der Waals surface area contributed by atoms with Crippen LogP contribution >= 0.6 is 27.5 Å². The van der Waals surface area contributed by atoms with Crippen LogP contribution in [0.1, 0.15) is 38.9 Å². The van der Waals surface area contributed by atoms with Crippen molar-refractivity contribution in [2.75, 3.05) is 18.5 Å². The molecular weight excluding hydrogens is 554 g/mol. The number of aromatic nitrogens is 3. The van der Waals surface area contributed by atoms with E-state index in [4.69, 9.17) is 16.4 Å². The van der Waals surface area contributed by atoms with Crippen molar-refractivity contribution in [2.24, 2.45) is 0 Å². The molecule has 1 aliphatic heterocycles. The number of amides is 3. The minimum Gasteiger partial charge on any atom is -0.338 e. The molecule has 184 valence electrons. The first kappa shape index (κ1) is 25.3. The van der Waals surface area contributed by atoms with Gasteiger partial charge in [-0.2, -0.15) is 10.4 Å². The molecule has 1 unspecified atom stereocenters. The van der Waals surface area contributed by atoms with E-state index in [-0.39, 0.29) is 45.9 Å². The van der Waals surface area contributed by atoms with Crippen LogP contribution in [0.4, 0.5) is 5.69 Å². The molecule has 3 aromatic rings. The molecular formula is C23H19BrClN7O4. The number of carbonyl (C=O) groups excluding carboxylic acids is 3. The summed E-state index contributed by atoms with van der Waals surface area (Å²) in [7, 11) is 0. The standard InChI is InChI=1S/C23H19BrClN7O4/c1-3-31-23(35)16(11-36-31)28-21(33)14-8-13(10-26)7-12(2)19(14)29-22(34)17-9-18(24)30-32(17)20-15(25)5-4-6-27-20/h4-9,16H,3,11H2,1-2H3,(H,28,33)(H,29,34). The third kappa shape index (κ3) is 4.94. The van der Waals surface area contributed by atoms with Gasteiger partial charge in [0.25, 0.3) is 17.7 Å². The molecule has 2 N–H and O–H groups in total. The molecule has 0 bridgehead atoms. The topological polar surface area (TPSA) is 142 Å². The highest BCUT2D eigenvalue weighted by molar-refractivity contribution is 9.10. The number of hydroxylamine groups is 2. The molecule has 0 saturated carbocycles. The number of hydrogen-bond donors (Lipinski definition) is 2. The van der Waals surface area contributed by atoms with E-state index in [1.54, 1.807) is 26.0 Å². The SMILES string of the molecule is CCN1OCC(NC(=O)c2cc(C#N)cc(C)c2NC(=O)c2cc(Br)nn2-c2ncccc2Cl)C1=O. The van der Waals surface area contributed by atoms with Crippen molar-refractivity contribution in [3.05, 3.63) is 68.5 Å². The average molecular weight is 573 g/mol. The Balaban J connectivity index is 1.68. The van der Waals surface area contributed by atoms with E-state index in [9.17, 15) is 19.6 Å². The van der Waals surface area contributed by atoms with E-state index in [1.807, 2.05) is 6.07 Å². The highest BCUT2D eigenvalue weighted by Crippen LogP contribution is 2.26. The number of likely N-dealkylation sites (N-methyl/N-ethyl adjacent to an activating group) is 1. The van der Waals surface area contributed by atoms with Gasteiger partial charge in [0.2, 0.25) is 0 Å². The van der Waals surface area contributed by atoms with Gasteiger partial charge in [0.1, 0.15) is 22.9 Å². The van der Waals surface area contributed by atoms with Crippen LogP contribution in [0.5, 0.6) is 0 Å². The highest BCUT2D eigenvalue weighted by atomic mass is 79.9. The maximum atomic E-state index is 13.4. The second-order valence-corrected chi connectivity index (χ2v) is 8.93. The monoisotopic (exact) mass is 571 g/mol. The van der Waals surface area contributed by atoms with Crippen LogP contribution in [0, 0.1) is 18.3 Å². The second-order valence-electron chi connectivity index (χ2n) is 7.71. The Labute approximate surface area is 219 Å². The lowest BCUT2D eigenvalue weighted by Crippen LogP contribution is -2.43. The number of nitriles is 1. The quantitative estimate of drug-likeness (QED) is 0.462. The number of carbonyl (C=O) groups is 3. The lowest BCUT2D eigenvalue weighted by atomic mass is 10.0. The predicted molar refractivity (Wildman–Crippen MR) is 133 cm³/mol. The third-order valence-corrected chi connectivity index (χ3v) is 6.02. The first-order valence-electron chi connectivity index (χ1n) is 10.7. The Morgan fingerprint density at radius 1 is 1.33 bits per heavy atom. The summed E-state index contributed by atoms with van der Waals surface area (Å²) >= 11 is 9.51. The molecule has 1 aromatic carbocycles. The summed E-state index contributed by atoms with van der Waals surface area (Å²) < 4.78 is 1.64. The Bertz CT molecular complexity index is 1420. The van der Waals surface area contributed by atoms with Gasteiger partial charge in [0.15, 0.2) is 5.82 Å². The lowest BCUT2D eigenvalue weighted by Gasteiger charge is -2.17. The lowest BCUT2D eigenvalue weighted by molar-refractivity contribution is -0.160. The number of aryl methyl sites for hydroxylation is 1. The number of benzene rings is 1. The number of halogens is 2. The smallest absolute Gasteiger partial charge is 0.274 e. The van der Waals surface area contributed by atoms with E-state index in [2.05, 4.69) is 36.6 Å². The number of pyridine rings is 1. The van der Waals surface area contributed by atoms with E-state index >= 15 is 0 Å². The number of anilines is 1. The highest BCUT2D eigenvalue weighted by Gasteiger charge is 2.34. The molecule has 3 amide bonds. The van der Waals surface area contributed by atoms with Crippen molar-refractivity contribution in [2.45, 2.75) is 19.9 Å². The van der Waals surface area contributed by atoms with Crippen LogP contribution in [0.25, 0.3) is 5.82 Å². The second kappa shape index (κ2) is 10.4. The number of nitrogens with zero attached hydrogens (tertiary/aromatic N) is 5. The van der Waals surface area contributed by atoms with Gasteiger partial charge in [-0.15, -0.1) is 0 Å². The number of rotatable bonds is 6. The fourth-order valence-electron chi connectivity index (χ4n) is 3.64. The summed E-state index contributed by atoms with van der Waals surface area (Å²) in [4.78, 5) is 48.4. The van der Waals surface area contributed by atoms with Crippen LogP contribution in [-0.2, 0) is 9.63 Å². The number of nitrogens with one attached hydrogen (secondary N) is 2. The van der Waals surface area contributed by atoms with Crippen molar-refractivity contribution in [3.8, 4) is 11.9 Å². The number of hydrogen-bond acceptors (Lipinski definition) is 7.